The maximum Gasteiger partial charge on any atom is 0.0573 e. The molecule has 0 radical (unpaired) electrons. The van der Waals surface area contributed by atoms with Crippen LogP contribution in [-0.4, -0.2) is 0 Å². The fraction of sp³-hybridized carbons (Fsp3) is 0.364. The van der Waals surface area contributed by atoms with Gasteiger partial charge in [-0.1, -0.05) is 59.7 Å². The van der Waals surface area contributed by atoms with E-state index >= 15 is 0 Å². The summed E-state index contributed by atoms with van der Waals surface area (Å²) in [4.78, 5) is 0. The van der Waals surface area contributed by atoms with E-state index in [0.29, 0.717) is 0 Å². The molecule has 0 atom stereocenters. The number of benzene rings is 2. The van der Waals surface area contributed by atoms with Gasteiger partial charge in [-0.2, -0.15) is 0 Å². The number of thiophene rings is 1. The molecule has 0 amide bonds. The molecule has 3 rings (SSSR count). The molecule has 126 valence electrons. The van der Waals surface area contributed by atoms with Gasteiger partial charge in [-0.3, -0.25) is 0 Å². The van der Waals surface area contributed by atoms with Crippen LogP contribution in [0.5, 0.6) is 0 Å². The van der Waals surface area contributed by atoms with Crippen LogP contribution in [0, 0.1) is 0 Å². The van der Waals surface area contributed by atoms with Crippen molar-refractivity contribution in [1.82, 2.24) is 0 Å². The molecule has 1 N–H and O–H groups in total. The van der Waals surface area contributed by atoms with E-state index in [1.54, 1.807) is 11.3 Å². The molecular weight excluding hydrogens is 310 g/mol. The van der Waals surface area contributed by atoms with Gasteiger partial charge in [0.05, 0.1) is 5.69 Å². The summed E-state index contributed by atoms with van der Waals surface area (Å²) in [5, 5.41) is 7.12. The molecule has 0 saturated heterocycles. The number of anilines is 2. The molecule has 1 heterocycles. The first-order valence-electron chi connectivity index (χ1n) is 8.54. The van der Waals surface area contributed by atoms with E-state index in [4.69, 9.17) is 0 Å². The largest absolute Gasteiger partial charge is 0.354 e. The van der Waals surface area contributed by atoms with E-state index in [1.165, 1.54) is 26.9 Å². The summed E-state index contributed by atoms with van der Waals surface area (Å²) in [6.45, 7) is 13.5. The average molecular weight is 338 g/mol. The number of nitrogens with one attached hydrogen (secondary N) is 1. The molecule has 0 unspecified atom stereocenters. The van der Waals surface area contributed by atoms with Gasteiger partial charge in [0.25, 0.3) is 0 Å². The van der Waals surface area contributed by atoms with E-state index in [2.05, 4.69) is 94.7 Å². The zero-order valence-electron chi connectivity index (χ0n) is 15.5. The van der Waals surface area contributed by atoms with Gasteiger partial charge >= 0.3 is 0 Å². The molecular formula is C22H27NS. The summed E-state index contributed by atoms with van der Waals surface area (Å²) in [6, 6.07) is 15.6. The standard InChI is InChI=1S/C22H27NS/c1-21(2,3)15-7-10-17(11-8-15)23-19-14-24-20-12-9-16(13-18(19)20)22(4,5)6/h7-14,23H,1-6H3. The normalized spacial score (nSPS) is 12.6. The summed E-state index contributed by atoms with van der Waals surface area (Å²) in [5.74, 6) is 0. The highest BCUT2D eigenvalue weighted by Gasteiger charge is 2.16. The van der Waals surface area contributed by atoms with Crippen LogP contribution in [0.15, 0.2) is 47.8 Å². The minimum Gasteiger partial charge on any atom is -0.354 e. The molecule has 3 aromatic rings. The Labute approximate surface area is 149 Å². The lowest BCUT2D eigenvalue weighted by atomic mass is 9.86. The molecule has 2 heteroatoms. The van der Waals surface area contributed by atoms with Crippen molar-refractivity contribution < 1.29 is 0 Å². The summed E-state index contributed by atoms with van der Waals surface area (Å²) < 4.78 is 1.33. The first-order chi connectivity index (χ1) is 11.1. The van der Waals surface area contributed by atoms with Crippen molar-refractivity contribution in [3.05, 3.63) is 59.0 Å². The lowest BCUT2D eigenvalue weighted by molar-refractivity contribution is 0.590. The molecule has 0 fully saturated rings. The van der Waals surface area contributed by atoms with Crippen LogP contribution < -0.4 is 5.32 Å². The molecule has 2 aromatic carbocycles. The summed E-state index contributed by atoms with van der Waals surface area (Å²) in [6.07, 6.45) is 0. The summed E-state index contributed by atoms with van der Waals surface area (Å²) >= 11 is 1.80. The fourth-order valence-electron chi connectivity index (χ4n) is 2.80. The third kappa shape index (κ3) is 3.49. The Morgan fingerprint density at radius 2 is 1.33 bits per heavy atom. The van der Waals surface area contributed by atoms with Gasteiger partial charge in [0.1, 0.15) is 0 Å². The van der Waals surface area contributed by atoms with Crippen molar-refractivity contribution in [2.75, 3.05) is 5.32 Å². The second kappa shape index (κ2) is 5.93. The van der Waals surface area contributed by atoms with Crippen LogP contribution in [0.25, 0.3) is 10.1 Å². The molecule has 0 bridgehead atoms. The predicted octanol–water partition coefficient (Wildman–Crippen LogP) is 7.24. The van der Waals surface area contributed by atoms with Gasteiger partial charge in [-0.25, -0.2) is 0 Å². The Hall–Kier alpha value is -1.80. The summed E-state index contributed by atoms with van der Waals surface area (Å²) in [7, 11) is 0. The molecule has 0 aliphatic rings. The number of hydrogen-bond donors (Lipinski definition) is 1. The Balaban J connectivity index is 1.92. The SMILES string of the molecule is CC(C)(C)c1ccc(Nc2csc3ccc(C(C)(C)C)cc23)cc1. The number of hydrogen-bond acceptors (Lipinski definition) is 2. The third-order valence-corrected chi connectivity index (χ3v) is 5.43. The van der Waals surface area contributed by atoms with Gasteiger partial charge < -0.3 is 5.32 Å². The topological polar surface area (TPSA) is 12.0 Å². The first kappa shape index (κ1) is 17.0. The van der Waals surface area contributed by atoms with Gasteiger partial charge in [-0.15, -0.1) is 11.3 Å². The molecule has 0 saturated carbocycles. The second-order valence-electron chi connectivity index (χ2n) is 8.56. The number of rotatable bonds is 2. The Morgan fingerprint density at radius 1 is 0.750 bits per heavy atom. The predicted molar refractivity (Wildman–Crippen MR) is 109 cm³/mol. The number of fused-ring (bicyclic) bond motifs is 1. The Morgan fingerprint density at radius 3 is 1.92 bits per heavy atom. The monoisotopic (exact) mass is 337 g/mol. The van der Waals surface area contributed by atoms with Crippen molar-refractivity contribution in [1.29, 1.82) is 0 Å². The third-order valence-electron chi connectivity index (χ3n) is 4.47. The smallest absolute Gasteiger partial charge is 0.0573 e. The van der Waals surface area contributed by atoms with Crippen LogP contribution in [0.4, 0.5) is 11.4 Å². The summed E-state index contributed by atoms with van der Waals surface area (Å²) in [5.41, 5.74) is 5.43. The Bertz CT molecular complexity index is 842. The van der Waals surface area contributed by atoms with E-state index in [0.717, 1.165) is 5.69 Å². The van der Waals surface area contributed by atoms with E-state index < -0.39 is 0 Å². The van der Waals surface area contributed by atoms with Crippen molar-refractivity contribution in [3.8, 4) is 0 Å². The molecule has 0 aliphatic heterocycles. The Kier molecular flexibility index (Phi) is 4.21. The zero-order valence-corrected chi connectivity index (χ0v) is 16.3. The maximum absolute atomic E-state index is 3.59. The lowest BCUT2D eigenvalue weighted by Crippen LogP contribution is -2.10. The van der Waals surface area contributed by atoms with Crippen LogP contribution in [0.1, 0.15) is 52.7 Å². The van der Waals surface area contributed by atoms with Crippen LogP contribution in [0.2, 0.25) is 0 Å². The highest BCUT2D eigenvalue weighted by Crippen LogP contribution is 2.36. The average Bonchev–Trinajstić information content (AvgIpc) is 2.88. The van der Waals surface area contributed by atoms with Crippen LogP contribution in [0.3, 0.4) is 0 Å². The van der Waals surface area contributed by atoms with E-state index in [1.807, 2.05) is 0 Å². The minimum atomic E-state index is 0.168. The lowest BCUT2D eigenvalue weighted by Gasteiger charge is -2.20. The van der Waals surface area contributed by atoms with Gasteiger partial charge in [0.2, 0.25) is 0 Å². The van der Waals surface area contributed by atoms with Gasteiger partial charge in [0.15, 0.2) is 0 Å². The molecule has 0 spiro atoms. The highest BCUT2D eigenvalue weighted by molar-refractivity contribution is 7.17. The van der Waals surface area contributed by atoms with Crippen molar-refractivity contribution in [2.45, 2.75) is 52.4 Å². The van der Waals surface area contributed by atoms with E-state index in [9.17, 15) is 0 Å². The molecule has 1 aromatic heterocycles. The minimum absolute atomic E-state index is 0.168. The molecule has 1 nitrogen and oxygen atoms in total. The second-order valence-corrected chi connectivity index (χ2v) is 9.47. The van der Waals surface area contributed by atoms with Gasteiger partial charge in [-0.05, 0) is 46.2 Å². The first-order valence-corrected chi connectivity index (χ1v) is 9.42. The quantitative estimate of drug-likeness (QED) is 0.519. The fourth-order valence-corrected chi connectivity index (χ4v) is 3.67. The van der Waals surface area contributed by atoms with Crippen LogP contribution in [-0.2, 0) is 10.8 Å². The van der Waals surface area contributed by atoms with Crippen molar-refractivity contribution in [2.24, 2.45) is 0 Å². The van der Waals surface area contributed by atoms with Crippen molar-refractivity contribution >= 4 is 32.8 Å². The van der Waals surface area contributed by atoms with Gasteiger partial charge in [0, 0.05) is 21.2 Å². The highest BCUT2D eigenvalue weighted by atomic mass is 32.1. The van der Waals surface area contributed by atoms with E-state index in [-0.39, 0.29) is 10.8 Å². The maximum atomic E-state index is 3.59. The molecule has 24 heavy (non-hydrogen) atoms. The molecule has 0 aliphatic carbocycles. The van der Waals surface area contributed by atoms with Crippen LogP contribution >= 0.6 is 11.3 Å². The zero-order chi connectivity index (χ0) is 17.5. The van der Waals surface area contributed by atoms with Crippen molar-refractivity contribution in [3.63, 3.8) is 0 Å².